The van der Waals surface area contributed by atoms with Crippen LogP contribution in [0.3, 0.4) is 0 Å². The molecule has 0 saturated carbocycles. The molecule has 0 radical (unpaired) electrons. The Labute approximate surface area is 134 Å². The normalized spacial score (nSPS) is 16.9. The van der Waals surface area contributed by atoms with Gasteiger partial charge in [-0.2, -0.15) is 0 Å². The van der Waals surface area contributed by atoms with Crippen molar-refractivity contribution in [1.29, 1.82) is 0 Å². The van der Waals surface area contributed by atoms with Crippen LogP contribution in [0.15, 0.2) is 18.2 Å². The highest BCUT2D eigenvalue weighted by Crippen LogP contribution is 2.30. The summed E-state index contributed by atoms with van der Waals surface area (Å²) in [5, 5.41) is 11.9. The third-order valence-electron chi connectivity index (χ3n) is 4.17. The quantitative estimate of drug-likeness (QED) is 0.462. The highest BCUT2D eigenvalue weighted by atomic mass is 79.9. The molecular formula is C15H22BrN3O2. The van der Waals surface area contributed by atoms with Crippen molar-refractivity contribution >= 4 is 27.3 Å². The number of halogens is 1. The first-order chi connectivity index (χ1) is 10.0. The Morgan fingerprint density at radius 3 is 2.67 bits per heavy atom. The molecule has 0 spiro atoms. The Kier molecular flexibility index (Phi) is 5.58. The SMILES string of the molecule is CN1CCC(CN(C)c2ccc(CBr)cc2[N+](=O)[O-])CC1. The lowest BCUT2D eigenvalue weighted by molar-refractivity contribution is -0.384. The third-order valence-corrected chi connectivity index (χ3v) is 4.82. The summed E-state index contributed by atoms with van der Waals surface area (Å²) in [5.74, 6) is 0.613. The summed E-state index contributed by atoms with van der Waals surface area (Å²) in [6, 6.07) is 5.47. The van der Waals surface area contributed by atoms with E-state index in [-0.39, 0.29) is 10.6 Å². The largest absolute Gasteiger partial charge is 0.369 e. The molecule has 1 fully saturated rings. The molecule has 1 aromatic rings. The molecule has 1 aromatic carbocycles. The van der Waals surface area contributed by atoms with Gasteiger partial charge in [0.2, 0.25) is 0 Å². The zero-order valence-corrected chi connectivity index (χ0v) is 14.2. The van der Waals surface area contributed by atoms with Gasteiger partial charge in [0.1, 0.15) is 5.69 Å². The molecule has 1 aliphatic rings. The van der Waals surface area contributed by atoms with Crippen LogP contribution >= 0.6 is 15.9 Å². The Morgan fingerprint density at radius 2 is 2.10 bits per heavy atom. The van der Waals surface area contributed by atoms with E-state index < -0.39 is 0 Å². The van der Waals surface area contributed by atoms with Gasteiger partial charge in [0, 0.05) is 25.0 Å². The van der Waals surface area contributed by atoms with E-state index in [1.165, 1.54) is 0 Å². The second kappa shape index (κ2) is 7.22. The van der Waals surface area contributed by atoms with E-state index in [9.17, 15) is 10.1 Å². The Morgan fingerprint density at radius 1 is 1.43 bits per heavy atom. The monoisotopic (exact) mass is 355 g/mol. The van der Waals surface area contributed by atoms with Gasteiger partial charge in [0.15, 0.2) is 0 Å². The van der Waals surface area contributed by atoms with Crippen molar-refractivity contribution in [2.45, 2.75) is 18.2 Å². The fourth-order valence-electron chi connectivity index (χ4n) is 2.85. The molecule has 1 aliphatic heterocycles. The van der Waals surface area contributed by atoms with Crippen LogP contribution in [-0.4, -0.2) is 43.6 Å². The number of nitro benzene ring substituents is 1. The first-order valence-corrected chi connectivity index (χ1v) is 8.36. The van der Waals surface area contributed by atoms with Crippen molar-refractivity contribution in [2.75, 3.05) is 38.6 Å². The summed E-state index contributed by atoms with van der Waals surface area (Å²) in [7, 11) is 4.10. The summed E-state index contributed by atoms with van der Waals surface area (Å²) in [4.78, 5) is 15.4. The minimum atomic E-state index is -0.285. The van der Waals surface area contributed by atoms with E-state index in [0.29, 0.717) is 16.9 Å². The standard InChI is InChI=1S/C15H22BrN3O2/c1-17-7-5-12(6-8-17)11-18(2)14-4-3-13(10-16)9-15(14)19(20)21/h3-4,9,12H,5-8,10-11H2,1-2H3. The number of hydrogen-bond acceptors (Lipinski definition) is 4. The minimum absolute atomic E-state index is 0.197. The topological polar surface area (TPSA) is 49.6 Å². The minimum Gasteiger partial charge on any atom is -0.369 e. The van der Waals surface area contributed by atoms with Crippen LogP contribution in [0, 0.1) is 16.0 Å². The molecule has 1 saturated heterocycles. The van der Waals surface area contributed by atoms with E-state index in [1.807, 2.05) is 24.1 Å². The molecule has 1 heterocycles. The van der Waals surface area contributed by atoms with Gasteiger partial charge in [-0.15, -0.1) is 0 Å². The molecule has 0 atom stereocenters. The van der Waals surface area contributed by atoms with Gasteiger partial charge in [-0.05, 0) is 50.5 Å². The van der Waals surface area contributed by atoms with Gasteiger partial charge in [0.25, 0.3) is 5.69 Å². The van der Waals surface area contributed by atoms with Crippen LogP contribution in [-0.2, 0) is 5.33 Å². The summed E-state index contributed by atoms with van der Waals surface area (Å²) in [6.45, 7) is 3.11. The van der Waals surface area contributed by atoms with Crippen molar-refractivity contribution in [1.82, 2.24) is 4.90 Å². The van der Waals surface area contributed by atoms with E-state index in [2.05, 4.69) is 27.9 Å². The number of anilines is 1. The smallest absolute Gasteiger partial charge is 0.292 e. The maximum absolute atomic E-state index is 11.3. The summed E-state index contributed by atoms with van der Waals surface area (Å²) in [6.07, 6.45) is 2.32. The van der Waals surface area contributed by atoms with Gasteiger partial charge in [-0.25, -0.2) is 0 Å². The van der Waals surface area contributed by atoms with Gasteiger partial charge in [-0.1, -0.05) is 22.0 Å². The zero-order chi connectivity index (χ0) is 15.4. The Hall–Kier alpha value is -1.14. The van der Waals surface area contributed by atoms with Crippen LogP contribution in [0.2, 0.25) is 0 Å². The molecule has 0 N–H and O–H groups in total. The summed E-state index contributed by atoms with van der Waals surface area (Å²) < 4.78 is 0. The molecule has 116 valence electrons. The predicted octanol–water partition coefficient (Wildman–Crippen LogP) is 3.27. The van der Waals surface area contributed by atoms with Gasteiger partial charge in [0.05, 0.1) is 4.92 Å². The molecule has 2 rings (SSSR count). The number of rotatable bonds is 5. The third kappa shape index (κ3) is 4.17. The number of nitrogens with zero attached hydrogens (tertiary/aromatic N) is 3. The molecule has 6 heteroatoms. The maximum atomic E-state index is 11.3. The number of nitro groups is 1. The van der Waals surface area contributed by atoms with Crippen molar-refractivity contribution in [3.05, 3.63) is 33.9 Å². The Bertz CT molecular complexity index is 502. The van der Waals surface area contributed by atoms with E-state index in [1.54, 1.807) is 6.07 Å². The molecule has 0 aliphatic carbocycles. The molecule has 0 amide bonds. The van der Waals surface area contributed by atoms with E-state index in [4.69, 9.17) is 0 Å². The van der Waals surface area contributed by atoms with Gasteiger partial charge < -0.3 is 9.80 Å². The average Bonchev–Trinajstić information content (AvgIpc) is 2.48. The maximum Gasteiger partial charge on any atom is 0.292 e. The van der Waals surface area contributed by atoms with Crippen LogP contribution in [0.5, 0.6) is 0 Å². The van der Waals surface area contributed by atoms with Crippen LogP contribution < -0.4 is 4.90 Å². The number of alkyl halides is 1. The van der Waals surface area contributed by atoms with Crippen molar-refractivity contribution in [2.24, 2.45) is 5.92 Å². The second-order valence-electron chi connectivity index (χ2n) is 5.84. The molecule has 0 aromatic heterocycles. The molecule has 0 bridgehead atoms. The van der Waals surface area contributed by atoms with Crippen LogP contribution in [0.25, 0.3) is 0 Å². The number of piperidine rings is 1. The zero-order valence-electron chi connectivity index (χ0n) is 12.6. The van der Waals surface area contributed by atoms with Crippen molar-refractivity contribution < 1.29 is 4.92 Å². The average molecular weight is 356 g/mol. The fourth-order valence-corrected chi connectivity index (χ4v) is 3.20. The second-order valence-corrected chi connectivity index (χ2v) is 6.40. The highest BCUT2D eigenvalue weighted by Gasteiger charge is 2.22. The highest BCUT2D eigenvalue weighted by molar-refractivity contribution is 9.08. The van der Waals surface area contributed by atoms with Crippen LogP contribution in [0.4, 0.5) is 11.4 Å². The first-order valence-electron chi connectivity index (χ1n) is 7.24. The molecular weight excluding hydrogens is 334 g/mol. The Balaban J connectivity index is 2.11. The first kappa shape index (κ1) is 16.2. The van der Waals surface area contributed by atoms with Crippen molar-refractivity contribution in [3.63, 3.8) is 0 Å². The van der Waals surface area contributed by atoms with Gasteiger partial charge >= 0.3 is 0 Å². The van der Waals surface area contributed by atoms with E-state index in [0.717, 1.165) is 38.0 Å². The van der Waals surface area contributed by atoms with Crippen LogP contribution in [0.1, 0.15) is 18.4 Å². The van der Waals surface area contributed by atoms with Crippen molar-refractivity contribution in [3.8, 4) is 0 Å². The lowest BCUT2D eigenvalue weighted by Crippen LogP contribution is -2.35. The summed E-state index contributed by atoms with van der Waals surface area (Å²) in [5.41, 5.74) is 1.84. The molecule has 21 heavy (non-hydrogen) atoms. The predicted molar refractivity (Wildman–Crippen MR) is 89.2 cm³/mol. The lowest BCUT2D eigenvalue weighted by atomic mass is 9.96. The molecule has 5 nitrogen and oxygen atoms in total. The molecule has 0 unspecified atom stereocenters. The summed E-state index contributed by atoms with van der Waals surface area (Å²) >= 11 is 3.35. The lowest BCUT2D eigenvalue weighted by Gasteiger charge is -2.32. The number of benzene rings is 1. The fraction of sp³-hybridized carbons (Fsp3) is 0.600. The van der Waals surface area contributed by atoms with E-state index >= 15 is 0 Å². The number of likely N-dealkylation sites (tertiary alicyclic amines) is 1. The number of hydrogen-bond donors (Lipinski definition) is 0. The van der Waals surface area contributed by atoms with Gasteiger partial charge in [-0.3, -0.25) is 10.1 Å².